The summed E-state index contributed by atoms with van der Waals surface area (Å²) in [4.78, 5) is 0. The lowest BCUT2D eigenvalue weighted by molar-refractivity contribution is 0.596. The van der Waals surface area contributed by atoms with E-state index in [9.17, 15) is 0 Å². The van der Waals surface area contributed by atoms with Crippen LogP contribution in [0.2, 0.25) is 0 Å². The smallest absolute Gasteiger partial charge is 0.144 e. The van der Waals surface area contributed by atoms with E-state index in [4.69, 9.17) is 4.42 Å². The first-order valence-corrected chi connectivity index (χ1v) is 8.22. The standard InChI is InChI=1S/C21H16N2O/c1-2-7-14(8-3-1)18-13-19(23-22-18)17-11-6-10-16-15-9-4-5-12-20(15)24-21(16)17/h1-3,5-8,10-13H,4,9H2,(H,22,23). The van der Waals surface area contributed by atoms with E-state index in [2.05, 4.69) is 58.7 Å². The van der Waals surface area contributed by atoms with E-state index >= 15 is 0 Å². The maximum Gasteiger partial charge on any atom is 0.144 e. The van der Waals surface area contributed by atoms with Crippen LogP contribution in [0.3, 0.4) is 0 Å². The number of nitrogens with zero attached hydrogens (tertiary/aromatic N) is 1. The summed E-state index contributed by atoms with van der Waals surface area (Å²) < 4.78 is 6.16. The maximum atomic E-state index is 6.16. The molecular formula is C21H16N2O. The summed E-state index contributed by atoms with van der Waals surface area (Å²) in [5.74, 6) is 0.992. The molecule has 2 aromatic carbocycles. The van der Waals surface area contributed by atoms with Crippen molar-refractivity contribution in [1.82, 2.24) is 10.2 Å². The van der Waals surface area contributed by atoms with Crippen LogP contribution in [0.5, 0.6) is 0 Å². The van der Waals surface area contributed by atoms with Crippen molar-refractivity contribution in [3.8, 4) is 22.5 Å². The Morgan fingerprint density at radius 2 is 1.92 bits per heavy atom. The number of nitrogens with one attached hydrogen (secondary N) is 1. The molecule has 0 bridgehead atoms. The van der Waals surface area contributed by atoms with Crippen molar-refractivity contribution < 1.29 is 4.42 Å². The predicted octanol–water partition coefficient (Wildman–Crippen LogP) is 5.45. The first-order valence-electron chi connectivity index (χ1n) is 8.22. The highest BCUT2D eigenvalue weighted by atomic mass is 16.3. The van der Waals surface area contributed by atoms with E-state index in [1.54, 1.807) is 0 Å². The predicted molar refractivity (Wildman–Crippen MR) is 96.6 cm³/mol. The van der Waals surface area contributed by atoms with Crippen molar-refractivity contribution in [3.63, 3.8) is 0 Å². The second-order valence-corrected chi connectivity index (χ2v) is 6.10. The Kier molecular flexibility index (Phi) is 2.92. The molecule has 1 aliphatic rings. The number of para-hydroxylation sites is 1. The molecule has 1 N–H and O–H groups in total. The number of furan rings is 1. The minimum atomic E-state index is 0.942. The van der Waals surface area contributed by atoms with Crippen LogP contribution >= 0.6 is 0 Å². The fraction of sp³-hybridized carbons (Fsp3) is 0.0952. The molecule has 4 aromatic rings. The number of rotatable bonds is 2. The van der Waals surface area contributed by atoms with Crippen LogP contribution in [0.1, 0.15) is 17.7 Å². The number of allylic oxidation sites excluding steroid dienone is 1. The van der Waals surface area contributed by atoms with Gasteiger partial charge in [0.2, 0.25) is 0 Å². The molecule has 3 nitrogen and oxygen atoms in total. The summed E-state index contributed by atoms with van der Waals surface area (Å²) in [6, 6.07) is 18.6. The molecule has 0 aliphatic heterocycles. The van der Waals surface area contributed by atoms with Gasteiger partial charge in [-0.2, -0.15) is 5.10 Å². The molecule has 5 rings (SSSR count). The number of benzene rings is 2. The normalized spacial score (nSPS) is 13.3. The largest absolute Gasteiger partial charge is 0.456 e. The zero-order valence-electron chi connectivity index (χ0n) is 13.1. The molecule has 3 heteroatoms. The minimum Gasteiger partial charge on any atom is -0.456 e. The van der Waals surface area contributed by atoms with E-state index in [0.29, 0.717) is 0 Å². The lowest BCUT2D eigenvalue weighted by atomic mass is 9.99. The number of aryl methyl sites for hydroxylation is 1. The molecule has 0 fully saturated rings. The molecule has 0 spiro atoms. The van der Waals surface area contributed by atoms with Gasteiger partial charge in [0.15, 0.2) is 0 Å². The van der Waals surface area contributed by atoms with Gasteiger partial charge in [-0.05, 0) is 31.1 Å². The van der Waals surface area contributed by atoms with Crippen molar-refractivity contribution in [2.45, 2.75) is 12.8 Å². The second kappa shape index (κ2) is 5.24. The number of H-pyrrole nitrogens is 1. The summed E-state index contributed by atoms with van der Waals surface area (Å²) in [7, 11) is 0. The van der Waals surface area contributed by atoms with Gasteiger partial charge in [-0.1, -0.05) is 48.5 Å². The first-order chi connectivity index (χ1) is 11.9. The van der Waals surface area contributed by atoms with E-state index in [1.807, 2.05) is 18.2 Å². The molecule has 24 heavy (non-hydrogen) atoms. The number of aromatic nitrogens is 2. The third kappa shape index (κ3) is 2.02. The number of hydrogen-bond acceptors (Lipinski definition) is 2. The Morgan fingerprint density at radius 1 is 1.00 bits per heavy atom. The van der Waals surface area contributed by atoms with Crippen molar-refractivity contribution in [1.29, 1.82) is 0 Å². The minimum absolute atomic E-state index is 0.942. The lowest BCUT2D eigenvalue weighted by Crippen LogP contribution is -1.88. The fourth-order valence-electron chi connectivity index (χ4n) is 3.43. The van der Waals surface area contributed by atoms with Gasteiger partial charge in [0.25, 0.3) is 0 Å². The highest BCUT2D eigenvalue weighted by molar-refractivity contribution is 5.96. The summed E-state index contributed by atoms with van der Waals surface area (Å²) in [5, 5.41) is 8.85. The Hall–Kier alpha value is -3.07. The molecule has 0 saturated heterocycles. The quantitative estimate of drug-likeness (QED) is 0.535. The van der Waals surface area contributed by atoms with E-state index < -0.39 is 0 Å². The van der Waals surface area contributed by atoms with Crippen LogP contribution in [0, 0.1) is 0 Å². The zero-order valence-corrected chi connectivity index (χ0v) is 13.1. The Labute approximate surface area is 139 Å². The summed E-state index contributed by atoms with van der Waals surface area (Å²) in [5.41, 5.74) is 6.35. The molecular weight excluding hydrogens is 296 g/mol. The van der Waals surface area contributed by atoms with Gasteiger partial charge in [-0.25, -0.2) is 0 Å². The molecule has 2 heterocycles. The topological polar surface area (TPSA) is 41.8 Å². The van der Waals surface area contributed by atoms with Gasteiger partial charge in [0, 0.05) is 22.1 Å². The third-order valence-electron chi connectivity index (χ3n) is 4.62. The molecule has 1 aliphatic carbocycles. The molecule has 116 valence electrons. The second-order valence-electron chi connectivity index (χ2n) is 6.10. The van der Waals surface area contributed by atoms with Crippen molar-refractivity contribution in [2.24, 2.45) is 0 Å². The SMILES string of the molecule is C1=Cc2oc3c(-c4cc(-c5ccccc5)n[nH]4)cccc3c2CC1. The van der Waals surface area contributed by atoms with Crippen molar-refractivity contribution in [3.05, 3.63) is 72.0 Å². The summed E-state index contributed by atoms with van der Waals surface area (Å²) in [6.07, 6.45) is 6.38. The Balaban J connectivity index is 1.66. The molecule has 0 amide bonds. The molecule has 0 radical (unpaired) electrons. The monoisotopic (exact) mass is 312 g/mol. The maximum absolute atomic E-state index is 6.16. The molecule has 2 aromatic heterocycles. The summed E-state index contributed by atoms with van der Waals surface area (Å²) >= 11 is 0. The molecule has 0 unspecified atom stereocenters. The highest BCUT2D eigenvalue weighted by Crippen LogP contribution is 2.37. The average Bonchev–Trinajstić information content (AvgIpc) is 3.27. The van der Waals surface area contributed by atoms with E-state index in [0.717, 1.165) is 46.7 Å². The van der Waals surface area contributed by atoms with Gasteiger partial charge < -0.3 is 4.42 Å². The lowest BCUT2D eigenvalue weighted by Gasteiger charge is -2.02. The molecule has 0 atom stereocenters. The summed E-state index contributed by atoms with van der Waals surface area (Å²) in [6.45, 7) is 0. The Bertz CT molecular complexity index is 1050. The number of fused-ring (bicyclic) bond motifs is 3. The van der Waals surface area contributed by atoms with Crippen LogP contribution in [-0.4, -0.2) is 10.2 Å². The Morgan fingerprint density at radius 3 is 2.83 bits per heavy atom. The van der Waals surface area contributed by atoms with Crippen LogP contribution in [0.15, 0.2) is 65.1 Å². The van der Waals surface area contributed by atoms with Gasteiger partial charge >= 0.3 is 0 Å². The number of aromatic amines is 1. The zero-order chi connectivity index (χ0) is 15.9. The van der Waals surface area contributed by atoms with Gasteiger partial charge in [0.05, 0.1) is 11.4 Å². The average molecular weight is 312 g/mol. The van der Waals surface area contributed by atoms with Crippen LogP contribution in [0.25, 0.3) is 39.6 Å². The van der Waals surface area contributed by atoms with E-state index in [1.165, 1.54) is 10.9 Å². The third-order valence-corrected chi connectivity index (χ3v) is 4.62. The van der Waals surface area contributed by atoms with Crippen LogP contribution in [0.4, 0.5) is 0 Å². The van der Waals surface area contributed by atoms with Gasteiger partial charge in [-0.3, -0.25) is 5.10 Å². The number of hydrogen-bond donors (Lipinski definition) is 1. The van der Waals surface area contributed by atoms with Crippen molar-refractivity contribution in [2.75, 3.05) is 0 Å². The first kappa shape index (κ1) is 13.4. The van der Waals surface area contributed by atoms with Gasteiger partial charge in [0.1, 0.15) is 11.3 Å². The highest BCUT2D eigenvalue weighted by Gasteiger charge is 2.18. The van der Waals surface area contributed by atoms with Crippen molar-refractivity contribution >= 4 is 17.0 Å². The molecule has 0 saturated carbocycles. The van der Waals surface area contributed by atoms with Crippen LogP contribution in [-0.2, 0) is 6.42 Å². The fourth-order valence-corrected chi connectivity index (χ4v) is 3.43. The van der Waals surface area contributed by atoms with Gasteiger partial charge in [-0.15, -0.1) is 0 Å². The van der Waals surface area contributed by atoms with Crippen LogP contribution < -0.4 is 0 Å². The van der Waals surface area contributed by atoms with E-state index in [-0.39, 0.29) is 0 Å².